The van der Waals surface area contributed by atoms with Crippen LogP contribution in [0.25, 0.3) is 11.5 Å². The van der Waals surface area contributed by atoms with Gasteiger partial charge in [-0.2, -0.15) is 4.98 Å². The highest BCUT2D eigenvalue weighted by molar-refractivity contribution is 5.48. The first-order valence-electron chi connectivity index (χ1n) is 4.37. The Hall–Kier alpha value is -2.44. The maximum absolute atomic E-state index is 11.1. The molecule has 2 aromatic heterocycles. The fraction of sp³-hybridized carbons (Fsp3) is 0.111. The molecule has 0 bridgehead atoms. The van der Waals surface area contributed by atoms with Crippen LogP contribution in [0.5, 0.6) is 11.8 Å². The summed E-state index contributed by atoms with van der Waals surface area (Å²) in [6.07, 6.45) is 0. The van der Waals surface area contributed by atoms with Crippen LogP contribution < -0.4 is 10.3 Å². The molecule has 0 saturated heterocycles. The molecule has 0 aliphatic heterocycles. The third-order valence-electron chi connectivity index (χ3n) is 1.82. The second-order valence-corrected chi connectivity index (χ2v) is 2.91. The van der Waals surface area contributed by atoms with Crippen molar-refractivity contribution in [2.24, 2.45) is 0 Å². The molecule has 2 rings (SSSR count). The van der Waals surface area contributed by atoms with Crippen LogP contribution in [-0.4, -0.2) is 32.4 Å². The van der Waals surface area contributed by atoms with Gasteiger partial charge in [0.15, 0.2) is 5.82 Å². The lowest BCUT2D eigenvalue weighted by atomic mass is 10.3. The number of H-pyrrole nitrogens is 1. The van der Waals surface area contributed by atoms with Crippen LogP contribution in [0.4, 0.5) is 0 Å². The number of rotatable bonds is 2. The van der Waals surface area contributed by atoms with E-state index in [0.29, 0.717) is 11.6 Å². The maximum Gasteiger partial charge on any atom is 0.255 e. The van der Waals surface area contributed by atoms with Crippen LogP contribution >= 0.6 is 0 Å². The molecule has 7 nitrogen and oxygen atoms in total. The first kappa shape index (κ1) is 10.1. The highest BCUT2D eigenvalue weighted by atomic mass is 16.5. The van der Waals surface area contributed by atoms with Gasteiger partial charge in [0, 0.05) is 6.07 Å². The maximum atomic E-state index is 11.1. The summed E-state index contributed by atoms with van der Waals surface area (Å²) in [5.41, 5.74) is -0.117. The van der Waals surface area contributed by atoms with Crippen LogP contribution in [0, 0.1) is 0 Å². The molecule has 0 spiro atoms. The molecule has 0 unspecified atom stereocenters. The van der Waals surface area contributed by atoms with E-state index in [-0.39, 0.29) is 11.7 Å². The smallest absolute Gasteiger partial charge is 0.255 e. The van der Waals surface area contributed by atoms with Gasteiger partial charge < -0.3 is 14.8 Å². The molecule has 2 N–H and O–H groups in total. The van der Waals surface area contributed by atoms with E-state index >= 15 is 0 Å². The highest BCUT2D eigenvalue weighted by Gasteiger charge is 2.05. The third kappa shape index (κ3) is 1.97. The van der Waals surface area contributed by atoms with Crippen molar-refractivity contribution in [2.45, 2.75) is 0 Å². The number of aromatic hydroxyl groups is 1. The zero-order valence-electron chi connectivity index (χ0n) is 8.34. The summed E-state index contributed by atoms with van der Waals surface area (Å²) in [6, 6.07) is 4.12. The van der Waals surface area contributed by atoms with E-state index < -0.39 is 5.56 Å². The van der Waals surface area contributed by atoms with Gasteiger partial charge in [-0.1, -0.05) is 0 Å². The molecule has 0 radical (unpaired) electrons. The van der Waals surface area contributed by atoms with Crippen molar-refractivity contribution in [3.8, 4) is 23.3 Å². The Kier molecular flexibility index (Phi) is 2.50. The summed E-state index contributed by atoms with van der Waals surface area (Å²) in [5.74, 6) is 0.141. The summed E-state index contributed by atoms with van der Waals surface area (Å²) >= 11 is 0. The van der Waals surface area contributed by atoms with Gasteiger partial charge >= 0.3 is 0 Å². The Bertz CT molecular complexity index is 549. The monoisotopic (exact) mass is 220 g/mol. The quantitative estimate of drug-likeness (QED) is 0.735. The topological polar surface area (TPSA) is 101 Å². The van der Waals surface area contributed by atoms with E-state index in [0.717, 1.165) is 6.07 Å². The first-order valence-corrected chi connectivity index (χ1v) is 4.37. The number of hydrogen-bond donors (Lipinski definition) is 2. The lowest BCUT2D eigenvalue weighted by Crippen LogP contribution is -2.07. The van der Waals surface area contributed by atoms with Crippen molar-refractivity contribution < 1.29 is 9.84 Å². The summed E-state index contributed by atoms with van der Waals surface area (Å²) < 4.78 is 4.84. The predicted molar refractivity (Wildman–Crippen MR) is 54.1 cm³/mol. The van der Waals surface area contributed by atoms with E-state index in [2.05, 4.69) is 20.2 Å². The molecule has 0 aromatic carbocycles. The fourth-order valence-corrected chi connectivity index (χ4v) is 1.12. The number of ether oxygens (including phenoxy) is 1. The molecule has 2 aromatic rings. The van der Waals surface area contributed by atoms with Gasteiger partial charge in [0.1, 0.15) is 5.69 Å². The van der Waals surface area contributed by atoms with Crippen LogP contribution in [0.2, 0.25) is 0 Å². The van der Waals surface area contributed by atoms with Crippen molar-refractivity contribution in [1.82, 2.24) is 20.2 Å². The number of aromatic nitrogens is 4. The zero-order valence-corrected chi connectivity index (χ0v) is 8.34. The summed E-state index contributed by atoms with van der Waals surface area (Å²) in [5, 5.41) is 16.7. The van der Waals surface area contributed by atoms with E-state index in [9.17, 15) is 4.79 Å². The Morgan fingerprint density at radius 3 is 2.75 bits per heavy atom. The Morgan fingerprint density at radius 2 is 2.19 bits per heavy atom. The minimum Gasteiger partial charge on any atom is -0.493 e. The molecule has 0 saturated carbocycles. The molecule has 0 atom stereocenters. The molecular formula is C9H8N4O3. The SMILES string of the molecule is COc1ccc(-c2nc(O)cc(=O)[nH]2)nn1. The molecule has 7 heteroatoms. The zero-order chi connectivity index (χ0) is 11.5. The number of hydrogen-bond acceptors (Lipinski definition) is 6. The van der Waals surface area contributed by atoms with E-state index in [1.807, 2.05) is 0 Å². The lowest BCUT2D eigenvalue weighted by molar-refractivity contribution is 0.392. The van der Waals surface area contributed by atoms with Crippen LogP contribution in [0.1, 0.15) is 0 Å². The van der Waals surface area contributed by atoms with Crippen molar-refractivity contribution in [1.29, 1.82) is 0 Å². The van der Waals surface area contributed by atoms with Gasteiger partial charge in [-0.25, -0.2) is 0 Å². The van der Waals surface area contributed by atoms with Crippen LogP contribution in [-0.2, 0) is 0 Å². The van der Waals surface area contributed by atoms with Crippen molar-refractivity contribution >= 4 is 0 Å². The third-order valence-corrected chi connectivity index (χ3v) is 1.82. The van der Waals surface area contributed by atoms with Crippen molar-refractivity contribution in [3.63, 3.8) is 0 Å². The van der Waals surface area contributed by atoms with Crippen molar-refractivity contribution in [3.05, 3.63) is 28.6 Å². The molecule has 2 heterocycles. The van der Waals surface area contributed by atoms with Crippen molar-refractivity contribution in [2.75, 3.05) is 7.11 Å². The summed E-state index contributed by atoms with van der Waals surface area (Å²) in [7, 11) is 1.47. The van der Waals surface area contributed by atoms with Gasteiger partial charge in [-0.15, -0.1) is 10.2 Å². The number of aromatic amines is 1. The fourth-order valence-electron chi connectivity index (χ4n) is 1.12. The largest absolute Gasteiger partial charge is 0.493 e. The standard InChI is InChI=1S/C9H8N4O3/c1-16-8-3-2-5(12-13-8)9-10-6(14)4-7(15)11-9/h2-4H,1H3,(H2,10,11,14,15). The van der Waals surface area contributed by atoms with Crippen LogP contribution in [0.15, 0.2) is 23.0 Å². The molecule has 82 valence electrons. The second-order valence-electron chi connectivity index (χ2n) is 2.91. The number of methoxy groups -OCH3 is 1. The summed E-state index contributed by atoms with van der Waals surface area (Å²) in [6.45, 7) is 0. The Labute approximate surface area is 89.8 Å². The Morgan fingerprint density at radius 1 is 1.38 bits per heavy atom. The van der Waals surface area contributed by atoms with Gasteiger partial charge in [0.2, 0.25) is 11.8 Å². The Balaban J connectivity index is 2.46. The predicted octanol–water partition coefficient (Wildman–Crippen LogP) is -0.0589. The van der Waals surface area contributed by atoms with Gasteiger partial charge in [-0.05, 0) is 6.07 Å². The first-order chi connectivity index (χ1) is 7.69. The minimum atomic E-state index is -0.458. The van der Waals surface area contributed by atoms with Gasteiger partial charge in [0.05, 0.1) is 13.2 Å². The number of nitrogens with one attached hydrogen (secondary N) is 1. The van der Waals surface area contributed by atoms with Gasteiger partial charge in [-0.3, -0.25) is 4.79 Å². The van der Waals surface area contributed by atoms with Gasteiger partial charge in [0.25, 0.3) is 5.56 Å². The number of nitrogens with zero attached hydrogens (tertiary/aromatic N) is 3. The molecule has 0 aliphatic carbocycles. The normalized spacial score (nSPS) is 10.1. The average molecular weight is 220 g/mol. The van der Waals surface area contributed by atoms with E-state index in [1.54, 1.807) is 12.1 Å². The lowest BCUT2D eigenvalue weighted by Gasteiger charge is -2.00. The molecule has 0 fully saturated rings. The van der Waals surface area contributed by atoms with E-state index in [1.165, 1.54) is 7.11 Å². The second kappa shape index (κ2) is 3.97. The summed E-state index contributed by atoms with van der Waals surface area (Å²) in [4.78, 5) is 17.2. The van der Waals surface area contributed by atoms with Crippen LogP contribution in [0.3, 0.4) is 0 Å². The minimum absolute atomic E-state index is 0.153. The molecule has 0 aliphatic rings. The van der Waals surface area contributed by atoms with E-state index in [4.69, 9.17) is 9.84 Å². The molecular weight excluding hydrogens is 212 g/mol. The highest BCUT2D eigenvalue weighted by Crippen LogP contribution is 2.13. The molecule has 0 amide bonds. The average Bonchev–Trinajstić information content (AvgIpc) is 2.28. The molecule has 16 heavy (non-hydrogen) atoms.